The Kier molecular flexibility index (Phi) is 4.98. The average Bonchev–Trinajstić information content (AvgIpc) is 3.09. The van der Waals surface area contributed by atoms with Crippen LogP contribution in [-0.2, 0) is 16.0 Å². The van der Waals surface area contributed by atoms with Crippen molar-refractivity contribution in [3.8, 4) is 17.1 Å². The van der Waals surface area contributed by atoms with Gasteiger partial charge in [0, 0.05) is 31.5 Å². The number of nitrogens with zero attached hydrogens (tertiary/aromatic N) is 1. The van der Waals surface area contributed by atoms with E-state index in [1.807, 2.05) is 41.3 Å². The van der Waals surface area contributed by atoms with E-state index < -0.39 is 0 Å². The molecule has 0 spiro atoms. The molecule has 23 heavy (non-hydrogen) atoms. The van der Waals surface area contributed by atoms with Crippen LogP contribution in [0.25, 0.3) is 11.3 Å². The summed E-state index contributed by atoms with van der Waals surface area (Å²) in [6, 6.07) is 11.6. The highest BCUT2D eigenvalue weighted by molar-refractivity contribution is 5.76. The lowest BCUT2D eigenvalue weighted by Gasteiger charge is -2.26. The summed E-state index contributed by atoms with van der Waals surface area (Å²) in [5.74, 6) is 2.62. The Morgan fingerprint density at radius 1 is 1.13 bits per heavy atom. The Hall–Kier alpha value is -2.27. The lowest BCUT2D eigenvalue weighted by atomic mass is 10.2. The number of morpholine rings is 1. The predicted molar refractivity (Wildman–Crippen MR) is 86.4 cm³/mol. The topological polar surface area (TPSA) is 51.9 Å². The Morgan fingerprint density at radius 3 is 2.57 bits per heavy atom. The van der Waals surface area contributed by atoms with Crippen molar-refractivity contribution in [3.05, 3.63) is 42.2 Å². The first-order chi connectivity index (χ1) is 11.3. The fraction of sp³-hybridized carbons (Fsp3) is 0.389. The van der Waals surface area contributed by atoms with E-state index in [0.717, 1.165) is 22.8 Å². The monoisotopic (exact) mass is 315 g/mol. The predicted octanol–water partition coefficient (Wildman–Crippen LogP) is 2.75. The number of methoxy groups -OCH3 is 1. The molecule has 0 atom stereocenters. The Bertz CT molecular complexity index is 641. The second-order valence-electron chi connectivity index (χ2n) is 5.49. The van der Waals surface area contributed by atoms with Gasteiger partial charge in [-0.2, -0.15) is 0 Å². The molecule has 5 heteroatoms. The SMILES string of the molecule is COc1ccc(-c2ccc(CCC(=O)N3CCOCC3)o2)cc1. The normalized spacial score (nSPS) is 14.7. The van der Waals surface area contributed by atoms with E-state index >= 15 is 0 Å². The molecular weight excluding hydrogens is 294 g/mol. The molecule has 0 aliphatic carbocycles. The third kappa shape index (κ3) is 3.93. The van der Waals surface area contributed by atoms with Crippen LogP contribution < -0.4 is 4.74 Å². The molecule has 5 nitrogen and oxygen atoms in total. The molecular formula is C18H21NO4. The van der Waals surface area contributed by atoms with E-state index in [2.05, 4.69) is 0 Å². The van der Waals surface area contributed by atoms with Crippen LogP contribution in [0, 0.1) is 0 Å². The van der Waals surface area contributed by atoms with Gasteiger partial charge in [-0.15, -0.1) is 0 Å². The smallest absolute Gasteiger partial charge is 0.223 e. The van der Waals surface area contributed by atoms with Crippen LogP contribution in [0.15, 0.2) is 40.8 Å². The molecule has 1 fully saturated rings. The van der Waals surface area contributed by atoms with Gasteiger partial charge in [0.1, 0.15) is 17.3 Å². The van der Waals surface area contributed by atoms with Crippen molar-refractivity contribution < 1.29 is 18.7 Å². The van der Waals surface area contributed by atoms with Gasteiger partial charge in [-0.1, -0.05) is 0 Å². The lowest BCUT2D eigenvalue weighted by molar-refractivity contribution is -0.135. The summed E-state index contributed by atoms with van der Waals surface area (Å²) in [6.45, 7) is 2.64. The summed E-state index contributed by atoms with van der Waals surface area (Å²) in [4.78, 5) is 14.0. The highest BCUT2D eigenvalue weighted by Gasteiger charge is 2.17. The van der Waals surface area contributed by atoms with Gasteiger partial charge in [-0.05, 0) is 36.4 Å². The second kappa shape index (κ2) is 7.33. The summed E-state index contributed by atoms with van der Waals surface area (Å²) in [5.41, 5.74) is 0.997. The molecule has 2 aromatic rings. The highest BCUT2D eigenvalue weighted by Crippen LogP contribution is 2.25. The van der Waals surface area contributed by atoms with Gasteiger partial charge in [0.25, 0.3) is 0 Å². The molecule has 3 rings (SSSR count). The van der Waals surface area contributed by atoms with E-state index in [9.17, 15) is 4.79 Å². The summed E-state index contributed by atoms with van der Waals surface area (Å²) < 4.78 is 16.3. The molecule has 1 aromatic heterocycles. The van der Waals surface area contributed by atoms with Crippen LogP contribution in [0.1, 0.15) is 12.2 Å². The van der Waals surface area contributed by atoms with E-state index in [4.69, 9.17) is 13.9 Å². The molecule has 2 heterocycles. The maximum atomic E-state index is 12.1. The zero-order chi connectivity index (χ0) is 16.1. The first-order valence-electron chi connectivity index (χ1n) is 7.85. The van der Waals surface area contributed by atoms with Crippen LogP contribution in [-0.4, -0.2) is 44.2 Å². The first kappa shape index (κ1) is 15.6. The van der Waals surface area contributed by atoms with Crippen LogP contribution in [0.3, 0.4) is 0 Å². The van der Waals surface area contributed by atoms with Gasteiger partial charge < -0.3 is 18.8 Å². The van der Waals surface area contributed by atoms with Gasteiger partial charge in [0.15, 0.2) is 0 Å². The molecule has 1 saturated heterocycles. The summed E-state index contributed by atoms with van der Waals surface area (Å²) >= 11 is 0. The standard InChI is InChI=1S/C18H21NO4/c1-21-15-4-2-14(3-5-15)17-8-6-16(23-17)7-9-18(20)19-10-12-22-13-11-19/h2-6,8H,7,9-13H2,1H3. The quantitative estimate of drug-likeness (QED) is 0.851. The van der Waals surface area contributed by atoms with Gasteiger partial charge in [0.2, 0.25) is 5.91 Å². The van der Waals surface area contributed by atoms with Gasteiger partial charge in [-0.25, -0.2) is 0 Å². The number of ether oxygens (including phenoxy) is 2. The molecule has 122 valence electrons. The van der Waals surface area contributed by atoms with Crippen LogP contribution in [0.2, 0.25) is 0 Å². The summed E-state index contributed by atoms with van der Waals surface area (Å²) in [7, 11) is 1.64. The molecule has 0 radical (unpaired) electrons. The number of aryl methyl sites for hydroxylation is 1. The first-order valence-corrected chi connectivity index (χ1v) is 7.85. The number of carbonyl (C=O) groups is 1. The minimum atomic E-state index is 0.163. The summed E-state index contributed by atoms with van der Waals surface area (Å²) in [5, 5.41) is 0. The maximum Gasteiger partial charge on any atom is 0.223 e. The Labute approximate surface area is 135 Å². The van der Waals surface area contributed by atoms with E-state index in [0.29, 0.717) is 39.1 Å². The molecule has 0 bridgehead atoms. The number of hydrogen-bond acceptors (Lipinski definition) is 4. The number of furan rings is 1. The number of carbonyl (C=O) groups excluding carboxylic acids is 1. The molecule has 1 amide bonds. The largest absolute Gasteiger partial charge is 0.497 e. The molecule has 0 N–H and O–H groups in total. The molecule has 1 aliphatic rings. The van der Waals surface area contributed by atoms with E-state index in [1.165, 1.54) is 0 Å². The molecule has 0 unspecified atom stereocenters. The van der Waals surface area contributed by atoms with Crippen molar-refractivity contribution >= 4 is 5.91 Å². The van der Waals surface area contributed by atoms with Crippen molar-refractivity contribution in [1.82, 2.24) is 4.90 Å². The van der Waals surface area contributed by atoms with Crippen molar-refractivity contribution in [3.63, 3.8) is 0 Å². The minimum absolute atomic E-state index is 0.163. The second-order valence-corrected chi connectivity index (χ2v) is 5.49. The number of hydrogen-bond donors (Lipinski definition) is 0. The molecule has 0 saturated carbocycles. The Balaban J connectivity index is 1.57. The zero-order valence-corrected chi connectivity index (χ0v) is 13.3. The molecule has 1 aromatic carbocycles. The van der Waals surface area contributed by atoms with Gasteiger partial charge in [0.05, 0.1) is 20.3 Å². The number of amides is 1. The van der Waals surface area contributed by atoms with Gasteiger partial charge >= 0.3 is 0 Å². The minimum Gasteiger partial charge on any atom is -0.497 e. The fourth-order valence-electron chi connectivity index (χ4n) is 2.62. The van der Waals surface area contributed by atoms with E-state index in [1.54, 1.807) is 7.11 Å². The Morgan fingerprint density at radius 2 is 1.87 bits per heavy atom. The lowest BCUT2D eigenvalue weighted by Crippen LogP contribution is -2.40. The van der Waals surface area contributed by atoms with Crippen LogP contribution >= 0.6 is 0 Å². The van der Waals surface area contributed by atoms with Crippen LogP contribution in [0.5, 0.6) is 5.75 Å². The van der Waals surface area contributed by atoms with Crippen molar-refractivity contribution in [2.75, 3.05) is 33.4 Å². The molecule has 1 aliphatic heterocycles. The van der Waals surface area contributed by atoms with Gasteiger partial charge in [-0.3, -0.25) is 4.79 Å². The zero-order valence-electron chi connectivity index (χ0n) is 13.3. The highest BCUT2D eigenvalue weighted by atomic mass is 16.5. The summed E-state index contributed by atoms with van der Waals surface area (Å²) in [6.07, 6.45) is 1.09. The third-order valence-electron chi connectivity index (χ3n) is 3.99. The number of benzene rings is 1. The van der Waals surface area contributed by atoms with Crippen LogP contribution in [0.4, 0.5) is 0 Å². The van der Waals surface area contributed by atoms with Crippen molar-refractivity contribution in [2.45, 2.75) is 12.8 Å². The average molecular weight is 315 g/mol. The maximum absolute atomic E-state index is 12.1. The van der Waals surface area contributed by atoms with Crippen molar-refractivity contribution in [2.24, 2.45) is 0 Å². The third-order valence-corrected chi connectivity index (χ3v) is 3.99. The fourth-order valence-corrected chi connectivity index (χ4v) is 2.62. The van der Waals surface area contributed by atoms with Crippen molar-refractivity contribution in [1.29, 1.82) is 0 Å². The number of rotatable bonds is 5. The van der Waals surface area contributed by atoms with E-state index in [-0.39, 0.29) is 5.91 Å².